The molecular formula is C18H26N6O. The minimum atomic E-state index is -0.0538. The maximum Gasteiger partial charge on any atom is 0.321 e. The Hall–Kier alpha value is -2.41. The van der Waals surface area contributed by atoms with E-state index in [0.29, 0.717) is 11.6 Å². The van der Waals surface area contributed by atoms with Crippen LogP contribution < -0.4 is 5.32 Å². The van der Waals surface area contributed by atoms with E-state index < -0.39 is 0 Å². The summed E-state index contributed by atoms with van der Waals surface area (Å²) in [5.74, 6) is 1.29. The van der Waals surface area contributed by atoms with Crippen molar-refractivity contribution in [2.45, 2.75) is 20.3 Å². The smallest absolute Gasteiger partial charge is 0.321 e. The second-order valence-electron chi connectivity index (χ2n) is 7.04. The summed E-state index contributed by atoms with van der Waals surface area (Å²) in [7, 11) is 4.14. The number of aromatic nitrogens is 3. The third-order valence-corrected chi connectivity index (χ3v) is 4.42. The van der Waals surface area contributed by atoms with Crippen LogP contribution in [0.3, 0.4) is 0 Å². The third-order valence-electron chi connectivity index (χ3n) is 4.42. The number of pyridine rings is 1. The van der Waals surface area contributed by atoms with Crippen LogP contribution in [0.25, 0.3) is 5.82 Å². The van der Waals surface area contributed by atoms with Crippen LogP contribution in [0.5, 0.6) is 0 Å². The number of rotatable bonds is 4. The highest BCUT2D eigenvalue weighted by molar-refractivity contribution is 5.89. The van der Waals surface area contributed by atoms with Gasteiger partial charge < -0.3 is 15.1 Å². The lowest BCUT2D eigenvalue weighted by Gasteiger charge is -2.19. The fourth-order valence-electron chi connectivity index (χ4n) is 3.33. The first-order chi connectivity index (χ1) is 11.9. The largest absolute Gasteiger partial charge is 0.324 e. The van der Waals surface area contributed by atoms with Gasteiger partial charge in [0.1, 0.15) is 0 Å². The number of aryl methyl sites for hydroxylation is 2. The van der Waals surface area contributed by atoms with Crippen molar-refractivity contribution in [1.29, 1.82) is 0 Å². The van der Waals surface area contributed by atoms with Crippen LogP contribution in [0.2, 0.25) is 0 Å². The predicted octanol–water partition coefficient (Wildman–Crippen LogP) is 2.30. The third kappa shape index (κ3) is 4.17. The van der Waals surface area contributed by atoms with E-state index in [0.717, 1.165) is 43.3 Å². The molecule has 7 heteroatoms. The predicted molar refractivity (Wildman–Crippen MR) is 98.1 cm³/mol. The Bertz CT molecular complexity index is 737. The molecular weight excluding hydrogens is 316 g/mol. The van der Waals surface area contributed by atoms with E-state index in [2.05, 4.69) is 34.4 Å². The Kier molecular flexibility index (Phi) is 5.03. The van der Waals surface area contributed by atoms with Crippen molar-refractivity contribution in [3.05, 3.63) is 35.8 Å². The van der Waals surface area contributed by atoms with Gasteiger partial charge in [-0.05, 0) is 58.5 Å². The summed E-state index contributed by atoms with van der Waals surface area (Å²) in [6.07, 6.45) is 2.73. The number of anilines is 1. The SMILES string of the molecule is Cc1cc(C)n(-c2ccc(NC(=O)N3CCC(CN(C)C)C3)cn2)n1. The zero-order valence-corrected chi connectivity index (χ0v) is 15.4. The number of nitrogens with one attached hydrogen (secondary N) is 1. The maximum absolute atomic E-state index is 12.4. The van der Waals surface area contributed by atoms with Gasteiger partial charge in [0.25, 0.3) is 0 Å². The molecule has 0 saturated carbocycles. The number of hydrogen-bond acceptors (Lipinski definition) is 4. The molecule has 1 N–H and O–H groups in total. The van der Waals surface area contributed by atoms with Crippen LogP contribution in [0, 0.1) is 19.8 Å². The number of carbonyl (C=O) groups is 1. The second kappa shape index (κ2) is 7.23. The Balaban J connectivity index is 1.60. The highest BCUT2D eigenvalue weighted by Gasteiger charge is 2.26. The molecule has 0 radical (unpaired) electrons. The number of nitrogens with zero attached hydrogens (tertiary/aromatic N) is 5. The van der Waals surface area contributed by atoms with E-state index in [9.17, 15) is 4.79 Å². The fraction of sp³-hybridized carbons (Fsp3) is 0.500. The number of carbonyl (C=O) groups excluding carboxylic acids is 1. The summed E-state index contributed by atoms with van der Waals surface area (Å²) >= 11 is 0. The van der Waals surface area contributed by atoms with Crippen LogP contribution in [0.4, 0.5) is 10.5 Å². The standard InChI is InChI=1S/C18H26N6O/c1-13-9-14(2)24(21-13)17-6-5-16(10-19-17)20-18(25)23-8-7-15(12-23)11-22(3)4/h5-6,9-10,15H,7-8,11-12H2,1-4H3,(H,20,25). The lowest BCUT2D eigenvalue weighted by Crippen LogP contribution is -2.34. The number of hydrogen-bond donors (Lipinski definition) is 1. The van der Waals surface area contributed by atoms with Gasteiger partial charge in [-0.15, -0.1) is 0 Å². The van der Waals surface area contributed by atoms with Gasteiger partial charge in [0.2, 0.25) is 0 Å². The molecule has 1 aliphatic heterocycles. The van der Waals surface area contributed by atoms with Gasteiger partial charge >= 0.3 is 6.03 Å². The fourth-order valence-corrected chi connectivity index (χ4v) is 3.33. The molecule has 0 aromatic carbocycles. The van der Waals surface area contributed by atoms with Crippen molar-refractivity contribution in [2.75, 3.05) is 39.0 Å². The number of likely N-dealkylation sites (tertiary alicyclic amines) is 1. The Labute approximate surface area is 148 Å². The molecule has 1 fully saturated rings. The number of urea groups is 1. The molecule has 1 saturated heterocycles. The molecule has 3 rings (SSSR count). The van der Waals surface area contributed by atoms with Gasteiger partial charge in [-0.25, -0.2) is 14.5 Å². The van der Waals surface area contributed by atoms with Crippen LogP contribution >= 0.6 is 0 Å². The summed E-state index contributed by atoms with van der Waals surface area (Å²) in [5.41, 5.74) is 2.69. The van der Waals surface area contributed by atoms with Crippen LogP contribution in [-0.4, -0.2) is 64.3 Å². The van der Waals surface area contributed by atoms with Gasteiger partial charge in [0, 0.05) is 25.3 Å². The van der Waals surface area contributed by atoms with E-state index >= 15 is 0 Å². The lowest BCUT2D eigenvalue weighted by atomic mass is 10.1. The molecule has 0 aliphatic carbocycles. The summed E-state index contributed by atoms with van der Waals surface area (Å²) in [6.45, 7) is 6.58. The van der Waals surface area contributed by atoms with E-state index in [4.69, 9.17) is 0 Å². The highest BCUT2D eigenvalue weighted by atomic mass is 16.2. The monoisotopic (exact) mass is 342 g/mol. The summed E-state index contributed by atoms with van der Waals surface area (Å²) in [6, 6.07) is 5.69. The molecule has 1 unspecified atom stereocenters. The molecule has 0 bridgehead atoms. The first-order valence-electron chi connectivity index (χ1n) is 8.62. The molecule has 2 aromatic rings. The molecule has 3 heterocycles. The Morgan fingerprint density at radius 3 is 2.76 bits per heavy atom. The highest BCUT2D eigenvalue weighted by Crippen LogP contribution is 2.18. The first kappa shape index (κ1) is 17.4. The molecule has 7 nitrogen and oxygen atoms in total. The van der Waals surface area contributed by atoms with Gasteiger partial charge in [0.05, 0.1) is 17.6 Å². The van der Waals surface area contributed by atoms with Crippen LogP contribution in [-0.2, 0) is 0 Å². The zero-order chi connectivity index (χ0) is 18.0. The normalized spacial score (nSPS) is 17.3. The van der Waals surface area contributed by atoms with Crippen molar-refractivity contribution >= 4 is 11.7 Å². The average Bonchev–Trinajstić information content (AvgIpc) is 3.14. The molecule has 134 valence electrons. The molecule has 25 heavy (non-hydrogen) atoms. The molecule has 1 atom stereocenters. The van der Waals surface area contributed by atoms with Gasteiger partial charge in [-0.1, -0.05) is 0 Å². The number of amides is 2. The van der Waals surface area contributed by atoms with Crippen molar-refractivity contribution in [3.8, 4) is 5.82 Å². The average molecular weight is 342 g/mol. The van der Waals surface area contributed by atoms with Crippen molar-refractivity contribution in [3.63, 3.8) is 0 Å². The lowest BCUT2D eigenvalue weighted by molar-refractivity contribution is 0.219. The van der Waals surface area contributed by atoms with Gasteiger partial charge in [0.15, 0.2) is 5.82 Å². The quantitative estimate of drug-likeness (QED) is 0.926. The van der Waals surface area contributed by atoms with E-state index in [1.165, 1.54) is 0 Å². The van der Waals surface area contributed by atoms with Gasteiger partial charge in [-0.2, -0.15) is 5.10 Å². The molecule has 0 spiro atoms. The zero-order valence-electron chi connectivity index (χ0n) is 15.4. The van der Waals surface area contributed by atoms with Crippen molar-refractivity contribution < 1.29 is 4.79 Å². The summed E-state index contributed by atoms with van der Waals surface area (Å²) in [4.78, 5) is 20.9. The molecule has 2 amide bonds. The van der Waals surface area contributed by atoms with Crippen molar-refractivity contribution in [1.82, 2.24) is 24.6 Å². The van der Waals surface area contributed by atoms with E-state index in [1.807, 2.05) is 36.9 Å². The minimum absolute atomic E-state index is 0.0538. The van der Waals surface area contributed by atoms with Crippen LogP contribution in [0.15, 0.2) is 24.4 Å². The molecule has 2 aromatic heterocycles. The van der Waals surface area contributed by atoms with Crippen LogP contribution in [0.1, 0.15) is 17.8 Å². The Morgan fingerprint density at radius 1 is 1.36 bits per heavy atom. The maximum atomic E-state index is 12.4. The first-order valence-corrected chi connectivity index (χ1v) is 8.62. The van der Waals surface area contributed by atoms with Gasteiger partial charge in [-0.3, -0.25) is 0 Å². The molecule has 1 aliphatic rings. The Morgan fingerprint density at radius 2 is 2.16 bits per heavy atom. The van der Waals surface area contributed by atoms with E-state index in [-0.39, 0.29) is 6.03 Å². The van der Waals surface area contributed by atoms with E-state index in [1.54, 1.807) is 10.9 Å². The topological polar surface area (TPSA) is 66.3 Å². The minimum Gasteiger partial charge on any atom is -0.324 e. The second-order valence-corrected chi connectivity index (χ2v) is 7.04. The summed E-state index contributed by atoms with van der Waals surface area (Å²) < 4.78 is 1.80. The summed E-state index contributed by atoms with van der Waals surface area (Å²) in [5, 5.41) is 7.36. The van der Waals surface area contributed by atoms with Crippen molar-refractivity contribution in [2.24, 2.45) is 5.92 Å².